The number of nitrogens with zero attached hydrogens (tertiary/aromatic N) is 1. The van der Waals surface area contributed by atoms with Crippen LogP contribution in [0.4, 0.5) is 8.78 Å². The Kier molecular flexibility index (Phi) is 4.80. The Labute approximate surface area is 150 Å². The van der Waals surface area contributed by atoms with E-state index in [0.29, 0.717) is 11.6 Å². The molecule has 7 heteroatoms. The number of carbonyl (C=O) groups excluding carboxylic acids is 1. The molecular weight excluding hydrogens is 342 g/mol. The highest BCUT2D eigenvalue weighted by molar-refractivity contribution is 5.79. The molecule has 1 aliphatic rings. The zero-order chi connectivity index (χ0) is 18.9. The second-order valence-corrected chi connectivity index (χ2v) is 6.59. The number of nitrogens with one attached hydrogen (secondary N) is 1. The first-order valence-corrected chi connectivity index (χ1v) is 8.37. The van der Waals surface area contributed by atoms with Crippen molar-refractivity contribution < 1.29 is 23.0 Å². The molecule has 1 unspecified atom stereocenters. The molecular formula is C19H20F2N2O3. The van der Waals surface area contributed by atoms with Crippen molar-refractivity contribution in [2.45, 2.75) is 45.4 Å². The summed E-state index contributed by atoms with van der Waals surface area (Å²) in [5.74, 6) is 0.0369. The molecule has 1 atom stereocenters. The summed E-state index contributed by atoms with van der Waals surface area (Å²) in [6.07, 6.45) is -2.29. The van der Waals surface area contributed by atoms with Crippen molar-refractivity contribution >= 4 is 5.91 Å². The summed E-state index contributed by atoms with van der Waals surface area (Å²) in [6.45, 7) is 5.94. The first-order chi connectivity index (χ1) is 12.2. The van der Waals surface area contributed by atoms with Crippen molar-refractivity contribution in [1.82, 2.24) is 10.3 Å². The molecule has 1 amide bonds. The molecule has 0 fully saturated rings. The lowest BCUT2D eigenvalue weighted by Crippen LogP contribution is -2.28. The fraction of sp³-hybridized carbons (Fsp3) is 0.368. The SMILES string of the molecule is CC(C)c1ccc(CC(=O)NC(C)c2cc3c(cn2)OC(F)(F)O3)cc1. The number of carbonyl (C=O) groups is 1. The predicted octanol–water partition coefficient (Wildman–Crippen LogP) is 3.95. The van der Waals surface area contributed by atoms with Gasteiger partial charge in [0.05, 0.1) is 24.4 Å². The van der Waals surface area contributed by atoms with Gasteiger partial charge in [-0.15, -0.1) is 8.78 Å². The van der Waals surface area contributed by atoms with E-state index in [-0.39, 0.29) is 23.8 Å². The van der Waals surface area contributed by atoms with Gasteiger partial charge in [0.2, 0.25) is 5.91 Å². The maximum Gasteiger partial charge on any atom is 0.586 e. The molecule has 1 aliphatic heterocycles. The van der Waals surface area contributed by atoms with Crippen LogP contribution < -0.4 is 14.8 Å². The van der Waals surface area contributed by atoms with Crippen LogP contribution in [0, 0.1) is 0 Å². The van der Waals surface area contributed by atoms with Crippen LogP contribution >= 0.6 is 0 Å². The molecule has 1 aromatic carbocycles. The molecule has 0 spiro atoms. The summed E-state index contributed by atoms with van der Waals surface area (Å²) in [7, 11) is 0. The van der Waals surface area contributed by atoms with E-state index in [1.54, 1.807) is 6.92 Å². The highest BCUT2D eigenvalue weighted by Gasteiger charge is 2.43. The van der Waals surface area contributed by atoms with E-state index < -0.39 is 12.3 Å². The van der Waals surface area contributed by atoms with Gasteiger partial charge in [-0.25, -0.2) is 0 Å². The van der Waals surface area contributed by atoms with Crippen molar-refractivity contribution in [3.8, 4) is 11.5 Å². The fourth-order valence-electron chi connectivity index (χ4n) is 2.68. The minimum atomic E-state index is -3.68. The predicted molar refractivity (Wildman–Crippen MR) is 91.2 cm³/mol. The van der Waals surface area contributed by atoms with E-state index in [9.17, 15) is 13.6 Å². The molecule has 0 saturated heterocycles. The number of rotatable bonds is 5. The molecule has 2 heterocycles. The molecule has 26 heavy (non-hydrogen) atoms. The average Bonchev–Trinajstić information content (AvgIpc) is 2.87. The standard InChI is InChI=1S/C19H20F2N2O3/c1-11(2)14-6-4-13(5-7-14)8-18(24)23-12(3)15-9-16-17(10-22-15)26-19(20,21)25-16/h4-7,9-12H,8H2,1-3H3,(H,23,24). The molecule has 2 aromatic rings. The number of pyridine rings is 1. The van der Waals surface area contributed by atoms with E-state index in [1.165, 1.54) is 17.8 Å². The highest BCUT2D eigenvalue weighted by Crippen LogP contribution is 2.41. The van der Waals surface area contributed by atoms with E-state index >= 15 is 0 Å². The number of hydrogen-bond donors (Lipinski definition) is 1. The van der Waals surface area contributed by atoms with Gasteiger partial charge in [-0.1, -0.05) is 38.1 Å². The molecule has 0 saturated carbocycles. The molecule has 1 aromatic heterocycles. The van der Waals surface area contributed by atoms with Crippen molar-refractivity contribution in [1.29, 1.82) is 0 Å². The Morgan fingerprint density at radius 3 is 2.46 bits per heavy atom. The van der Waals surface area contributed by atoms with Crippen molar-refractivity contribution in [3.05, 3.63) is 53.3 Å². The first-order valence-electron chi connectivity index (χ1n) is 8.37. The van der Waals surface area contributed by atoms with Crippen LogP contribution in [0.5, 0.6) is 11.5 Å². The van der Waals surface area contributed by atoms with Crippen molar-refractivity contribution in [3.63, 3.8) is 0 Å². The summed E-state index contributed by atoms with van der Waals surface area (Å²) in [5, 5.41) is 2.81. The zero-order valence-electron chi connectivity index (χ0n) is 14.8. The van der Waals surface area contributed by atoms with Gasteiger partial charge < -0.3 is 14.8 Å². The van der Waals surface area contributed by atoms with Gasteiger partial charge in [-0.3, -0.25) is 9.78 Å². The lowest BCUT2D eigenvalue weighted by Gasteiger charge is -2.14. The van der Waals surface area contributed by atoms with Crippen molar-refractivity contribution in [2.24, 2.45) is 0 Å². The van der Waals surface area contributed by atoms with E-state index in [1.807, 2.05) is 24.3 Å². The molecule has 0 aliphatic carbocycles. The molecule has 5 nitrogen and oxygen atoms in total. The Balaban J connectivity index is 1.61. The average molecular weight is 362 g/mol. The maximum absolute atomic E-state index is 13.1. The normalized spacial score (nSPS) is 15.8. The Hall–Kier alpha value is -2.70. The minimum Gasteiger partial charge on any atom is -0.395 e. The smallest absolute Gasteiger partial charge is 0.395 e. The van der Waals surface area contributed by atoms with E-state index in [4.69, 9.17) is 0 Å². The van der Waals surface area contributed by atoms with Crippen LogP contribution in [0.3, 0.4) is 0 Å². The van der Waals surface area contributed by atoms with Gasteiger partial charge in [0.1, 0.15) is 0 Å². The second-order valence-electron chi connectivity index (χ2n) is 6.59. The number of alkyl halides is 2. The number of hydrogen-bond acceptors (Lipinski definition) is 4. The summed E-state index contributed by atoms with van der Waals surface area (Å²) >= 11 is 0. The van der Waals surface area contributed by atoms with E-state index in [2.05, 4.69) is 33.6 Å². The maximum atomic E-state index is 13.1. The monoisotopic (exact) mass is 362 g/mol. The molecule has 138 valence electrons. The van der Waals surface area contributed by atoms with Gasteiger partial charge >= 0.3 is 6.29 Å². The van der Waals surface area contributed by atoms with Crippen LogP contribution in [-0.2, 0) is 11.2 Å². The van der Waals surface area contributed by atoms with Gasteiger partial charge in [0.15, 0.2) is 11.5 Å². The summed E-state index contributed by atoms with van der Waals surface area (Å²) in [5.41, 5.74) is 2.52. The van der Waals surface area contributed by atoms with Crippen LogP contribution in [-0.4, -0.2) is 17.2 Å². The lowest BCUT2D eigenvalue weighted by molar-refractivity contribution is -0.286. The van der Waals surface area contributed by atoms with Gasteiger partial charge in [0, 0.05) is 6.07 Å². The van der Waals surface area contributed by atoms with Crippen molar-refractivity contribution in [2.75, 3.05) is 0 Å². The van der Waals surface area contributed by atoms with Gasteiger partial charge in [-0.2, -0.15) is 0 Å². The topological polar surface area (TPSA) is 60.5 Å². The number of aromatic nitrogens is 1. The Bertz CT molecular complexity index is 807. The number of ether oxygens (including phenoxy) is 2. The fourth-order valence-corrected chi connectivity index (χ4v) is 2.68. The van der Waals surface area contributed by atoms with E-state index in [0.717, 1.165) is 5.56 Å². The summed E-state index contributed by atoms with van der Waals surface area (Å²) < 4.78 is 34.8. The third-order valence-corrected chi connectivity index (χ3v) is 4.14. The zero-order valence-corrected chi connectivity index (χ0v) is 14.8. The lowest BCUT2D eigenvalue weighted by atomic mass is 10.0. The Morgan fingerprint density at radius 2 is 1.81 bits per heavy atom. The summed E-state index contributed by atoms with van der Waals surface area (Å²) in [4.78, 5) is 16.3. The quantitative estimate of drug-likeness (QED) is 0.875. The largest absolute Gasteiger partial charge is 0.586 e. The molecule has 0 radical (unpaired) electrons. The van der Waals surface area contributed by atoms with Gasteiger partial charge in [-0.05, 0) is 24.0 Å². The summed E-state index contributed by atoms with van der Waals surface area (Å²) in [6, 6.07) is 8.77. The number of amides is 1. The van der Waals surface area contributed by atoms with Crippen LogP contribution in [0.15, 0.2) is 36.5 Å². The third-order valence-electron chi connectivity index (χ3n) is 4.14. The number of benzene rings is 1. The van der Waals surface area contributed by atoms with Crippen LogP contribution in [0.1, 0.15) is 49.6 Å². The Morgan fingerprint density at radius 1 is 1.15 bits per heavy atom. The second kappa shape index (κ2) is 6.90. The molecule has 3 rings (SSSR count). The molecule has 0 bridgehead atoms. The minimum absolute atomic E-state index is 0.0922. The number of halogens is 2. The van der Waals surface area contributed by atoms with Crippen LogP contribution in [0.2, 0.25) is 0 Å². The first kappa shape index (κ1) is 18.1. The highest BCUT2D eigenvalue weighted by atomic mass is 19.3. The van der Waals surface area contributed by atoms with Gasteiger partial charge in [0.25, 0.3) is 0 Å². The third kappa shape index (κ3) is 4.09. The molecule has 1 N–H and O–H groups in total. The number of fused-ring (bicyclic) bond motifs is 1. The van der Waals surface area contributed by atoms with Crippen LogP contribution in [0.25, 0.3) is 0 Å².